The van der Waals surface area contributed by atoms with E-state index < -0.39 is 0 Å². The van der Waals surface area contributed by atoms with Gasteiger partial charge in [0.05, 0.1) is 12.4 Å². The van der Waals surface area contributed by atoms with Crippen molar-refractivity contribution in [2.24, 2.45) is 5.73 Å². The Morgan fingerprint density at radius 3 is 2.53 bits per heavy atom. The maximum Gasteiger partial charge on any atom is 0.144 e. The molecule has 2 aromatic rings. The maximum absolute atomic E-state index is 5.44. The number of thiocarbonyl (C=S) groups is 1. The van der Waals surface area contributed by atoms with Gasteiger partial charge in [0.25, 0.3) is 0 Å². The molecule has 0 unspecified atom stereocenters. The minimum absolute atomic E-state index is 0.257. The Labute approximate surface area is 105 Å². The predicted octanol–water partition coefficient (Wildman–Crippen LogP) is 1.72. The van der Waals surface area contributed by atoms with E-state index >= 15 is 0 Å². The molecule has 0 aliphatic rings. The van der Waals surface area contributed by atoms with Crippen LogP contribution in [0.5, 0.6) is 0 Å². The number of aromatic nitrogens is 2. The average Bonchev–Trinajstić information content (AvgIpc) is 2.38. The lowest BCUT2D eigenvalue weighted by molar-refractivity contribution is 1.08. The summed E-state index contributed by atoms with van der Waals surface area (Å²) in [4.78, 5) is 8.53. The van der Waals surface area contributed by atoms with Crippen LogP contribution < -0.4 is 11.1 Å². The van der Waals surface area contributed by atoms with Crippen molar-refractivity contribution in [1.82, 2.24) is 9.97 Å². The molecule has 4 nitrogen and oxygen atoms in total. The quantitative estimate of drug-likeness (QED) is 0.802. The zero-order chi connectivity index (χ0) is 12.1. The molecule has 86 valence electrons. The second kappa shape index (κ2) is 5.36. The van der Waals surface area contributed by atoms with Crippen LogP contribution in [0.2, 0.25) is 0 Å². The molecule has 17 heavy (non-hydrogen) atoms. The predicted molar refractivity (Wildman–Crippen MR) is 71.7 cm³/mol. The van der Waals surface area contributed by atoms with E-state index in [0.29, 0.717) is 18.1 Å². The molecule has 2 rings (SSSR count). The van der Waals surface area contributed by atoms with Crippen molar-refractivity contribution in [2.45, 2.75) is 6.54 Å². The van der Waals surface area contributed by atoms with Crippen LogP contribution in [0, 0.1) is 0 Å². The van der Waals surface area contributed by atoms with Crippen LogP contribution in [0.3, 0.4) is 0 Å². The molecule has 0 amide bonds. The largest absolute Gasteiger partial charge is 0.388 e. The number of nitrogens with two attached hydrogens (primary N) is 1. The molecule has 0 atom stereocenters. The Morgan fingerprint density at radius 2 is 1.94 bits per heavy atom. The van der Waals surface area contributed by atoms with Crippen LogP contribution in [0.15, 0.2) is 42.7 Å². The Balaban J connectivity index is 1.98. The molecule has 1 aromatic heterocycles. The van der Waals surface area contributed by atoms with Gasteiger partial charge in [-0.15, -0.1) is 0 Å². The first kappa shape index (κ1) is 11.5. The highest BCUT2D eigenvalue weighted by Gasteiger charge is 1.99. The number of nitrogens with one attached hydrogen (secondary N) is 1. The van der Waals surface area contributed by atoms with E-state index in [1.54, 1.807) is 12.4 Å². The van der Waals surface area contributed by atoms with E-state index in [9.17, 15) is 0 Å². The number of rotatable bonds is 4. The standard InChI is InChI=1S/C12H12N4S/c13-12(17)10-7-16-11(8-14-10)15-6-9-4-2-1-3-5-9/h1-5,7-8H,6H2,(H2,13,17)(H,15,16). The van der Waals surface area contributed by atoms with Crippen molar-refractivity contribution in [2.75, 3.05) is 5.32 Å². The van der Waals surface area contributed by atoms with Crippen molar-refractivity contribution < 1.29 is 0 Å². The Hall–Kier alpha value is -2.01. The molecule has 3 N–H and O–H groups in total. The first-order valence-electron chi connectivity index (χ1n) is 5.15. The van der Waals surface area contributed by atoms with Gasteiger partial charge in [-0.25, -0.2) is 9.97 Å². The number of anilines is 1. The van der Waals surface area contributed by atoms with Gasteiger partial charge in [-0.1, -0.05) is 42.5 Å². The van der Waals surface area contributed by atoms with Gasteiger partial charge in [0.2, 0.25) is 0 Å². The highest BCUT2D eigenvalue weighted by molar-refractivity contribution is 7.80. The lowest BCUT2D eigenvalue weighted by atomic mass is 10.2. The van der Waals surface area contributed by atoms with Gasteiger partial charge < -0.3 is 11.1 Å². The van der Waals surface area contributed by atoms with Crippen molar-refractivity contribution in [1.29, 1.82) is 0 Å². The molecule has 1 heterocycles. The summed E-state index contributed by atoms with van der Waals surface area (Å²) in [6, 6.07) is 10.1. The zero-order valence-electron chi connectivity index (χ0n) is 9.13. The second-order valence-corrected chi connectivity index (χ2v) is 3.93. The monoisotopic (exact) mass is 244 g/mol. The number of benzene rings is 1. The van der Waals surface area contributed by atoms with Crippen LogP contribution in [0.1, 0.15) is 11.3 Å². The maximum atomic E-state index is 5.44. The summed E-state index contributed by atoms with van der Waals surface area (Å²) in [5, 5.41) is 3.17. The highest BCUT2D eigenvalue weighted by Crippen LogP contribution is 2.05. The molecule has 0 bridgehead atoms. The van der Waals surface area contributed by atoms with E-state index in [0.717, 1.165) is 0 Å². The third-order valence-electron chi connectivity index (χ3n) is 2.22. The molecule has 0 saturated heterocycles. The topological polar surface area (TPSA) is 63.8 Å². The normalized spacial score (nSPS) is 9.88. The summed E-state index contributed by atoms with van der Waals surface area (Å²) in [6.45, 7) is 0.710. The van der Waals surface area contributed by atoms with E-state index in [2.05, 4.69) is 15.3 Å². The van der Waals surface area contributed by atoms with Crippen LogP contribution in [-0.4, -0.2) is 15.0 Å². The van der Waals surface area contributed by atoms with E-state index in [1.807, 2.05) is 30.3 Å². The van der Waals surface area contributed by atoms with Crippen LogP contribution in [0.25, 0.3) is 0 Å². The number of hydrogen-bond acceptors (Lipinski definition) is 4. The van der Waals surface area contributed by atoms with Gasteiger partial charge in [0.15, 0.2) is 0 Å². The van der Waals surface area contributed by atoms with Gasteiger partial charge in [-0.3, -0.25) is 0 Å². The molecule has 0 spiro atoms. The van der Waals surface area contributed by atoms with Crippen molar-refractivity contribution >= 4 is 23.0 Å². The molecule has 0 fully saturated rings. The molecular weight excluding hydrogens is 232 g/mol. The fourth-order valence-corrected chi connectivity index (χ4v) is 1.44. The average molecular weight is 244 g/mol. The van der Waals surface area contributed by atoms with Gasteiger partial charge in [-0.05, 0) is 5.56 Å². The van der Waals surface area contributed by atoms with E-state index in [-0.39, 0.29) is 4.99 Å². The van der Waals surface area contributed by atoms with Crippen LogP contribution in [-0.2, 0) is 6.54 Å². The van der Waals surface area contributed by atoms with Crippen molar-refractivity contribution in [3.05, 3.63) is 54.0 Å². The Kier molecular flexibility index (Phi) is 3.62. The van der Waals surface area contributed by atoms with Gasteiger partial charge in [0.1, 0.15) is 16.5 Å². The third-order valence-corrected chi connectivity index (χ3v) is 2.43. The molecule has 0 saturated carbocycles. The van der Waals surface area contributed by atoms with E-state index in [1.165, 1.54) is 5.56 Å². The summed E-state index contributed by atoms with van der Waals surface area (Å²) in [5.74, 6) is 0.703. The number of hydrogen-bond donors (Lipinski definition) is 2. The summed E-state index contributed by atoms with van der Waals surface area (Å²) >= 11 is 4.80. The van der Waals surface area contributed by atoms with Crippen molar-refractivity contribution in [3.8, 4) is 0 Å². The smallest absolute Gasteiger partial charge is 0.144 e. The van der Waals surface area contributed by atoms with Crippen molar-refractivity contribution in [3.63, 3.8) is 0 Å². The molecule has 1 aromatic carbocycles. The fourth-order valence-electron chi connectivity index (χ4n) is 1.34. The zero-order valence-corrected chi connectivity index (χ0v) is 9.95. The molecule has 5 heteroatoms. The Bertz CT molecular complexity index is 496. The van der Waals surface area contributed by atoms with Crippen LogP contribution in [0.4, 0.5) is 5.82 Å². The summed E-state index contributed by atoms with van der Waals surface area (Å²) < 4.78 is 0. The lowest BCUT2D eigenvalue weighted by Crippen LogP contribution is -2.12. The molecule has 0 aliphatic heterocycles. The third kappa shape index (κ3) is 3.22. The molecule has 0 radical (unpaired) electrons. The number of nitrogens with zero attached hydrogens (tertiary/aromatic N) is 2. The van der Waals surface area contributed by atoms with E-state index in [4.69, 9.17) is 18.0 Å². The molecular formula is C12H12N4S. The lowest BCUT2D eigenvalue weighted by Gasteiger charge is -2.05. The van der Waals surface area contributed by atoms with Gasteiger partial charge >= 0.3 is 0 Å². The summed E-state index contributed by atoms with van der Waals surface area (Å²) in [7, 11) is 0. The molecule has 0 aliphatic carbocycles. The minimum atomic E-state index is 0.257. The summed E-state index contributed by atoms with van der Waals surface area (Å²) in [6.07, 6.45) is 3.19. The Morgan fingerprint density at radius 1 is 1.18 bits per heavy atom. The first-order valence-corrected chi connectivity index (χ1v) is 5.56. The fraction of sp³-hybridized carbons (Fsp3) is 0.0833. The van der Waals surface area contributed by atoms with Gasteiger partial charge in [0, 0.05) is 6.54 Å². The summed E-state index contributed by atoms with van der Waals surface area (Å²) in [5.41, 5.74) is 7.16. The highest BCUT2D eigenvalue weighted by atomic mass is 32.1. The first-order chi connectivity index (χ1) is 8.25. The van der Waals surface area contributed by atoms with Gasteiger partial charge in [-0.2, -0.15) is 0 Å². The SMILES string of the molecule is NC(=S)c1cnc(NCc2ccccc2)cn1. The van der Waals surface area contributed by atoms with Crippen LogP contribution >= 0.6 is 12.2 Å². The minimum Gasteiger partial charge on any atom is -0.388 e. The second-order valence-electron chi connectivity index (χ2n) is 3.49.